The fourth-order valence-electron chi connectivity index (χ4n) is 6.25. The van der Waals surface area contributed by atoms with Crippen molar-refractivity contribution in [2.75, 3.05) is 46.4 Å². The van der Waals surface area contributed by atoms with Crippen molar-refractivity contribution in [1.82, 2.24) is 21.3 Å². The van der Waals surface area contributed by atoms with E-state index in [0.717, 1.165) is 13.1 Å². The monoisotopic (exact) mass is 559 g/mol. The number of nitrogens with two attached hydrogens (primary N) is 3. The minimum Gasteiger partial charge on any atom is -0.492 e. The first-order valence-corrected chi connectivity index (χ1v) is 14.0. The molecule has 0 amide bonds. The van der Waals surface area contributed by atoms with Crippen molar-refractivity contribution < 1.29 is 34.6 Å². The summed E-state index contributed by atoms with van der Waals surface area (Å²) in [5.74, 6) is 0.121. The van der Waals surface area contributed by atoms with Gasteiger partial charge in [0.25, 0.3) is 0 Å². The molecule has 0 radical (unpaired) electrons. The zero-order valence-electron chi connectivity index (χ0n) is 22.9. The molecule has 0 aromatic heterocycles. The van der Waals surface area contributed by atoms with Crippen molar-refractivity contribution in [2.45, 2.75) is 92.4 Å². The maximum absolute atomic E-state index is 11.9. The molecular formula is C25H49N7O7. The highest BCUT2D eigenvalue weighted by molar-refractivity contribution is 5.11. The van der Waals surface area contributed by atoms with Crippen molar-refractivity contribution >= 4 is 0 Å². The summed E-state index contributed by atoms with van der Waals surface area (Å²) in [6, 6.07) is -1.47. The normalized spacial score (nSPS) is 44.3. The molecule has 3 fully saturated rings. The molecule has 0 aromatic carbocycles. The molecule has 3 aliphatic heterocycles. The van der Waals surface area contributed by atoms with Crippen LogP contribution in [0.1, 0.15) is 19.8 Å². The van der Waals surface area contributed by atoms with E-state index in [1.807, 2.05) is 6.08 Å². The fraction of sp³-hybridized carbons (Fsp3) is 0.920. The summed E-state index contributed by atoms with van der Waals surface area (Å²) in [6.07, 6.45) is -2.52. The molecule has 12 atom stereocenters. The van der Waals surface area contributed by atoms with Crippen molar-refractivity contribution in [3.05, 3.63) is 11.8 Å². The Kier molecular flexibility index (Phi) is 10.6. The lowest BCUT2D eigenvalue weighted by molar-refractivity contribution is -0.298. The van der Waals surface area contributed by atoms with Gasteiger partial charge in [-0.25, -0.2) is 0 Å². The molecule has 4 aliphatic rings. The number of aliphatic hydroxyl groups is 4. The number of likely N-dealkylation sites (N-methyl/N-ethyl adjacent to an activating group) is 1. The van der Waals surface area contributed by atoms with E-state index < -0.39 is 66.5 Å². The number of hydrogen-bond acceptors (Lipinski definition) is 14. The fourth-order valence-corrected chi connectivity index (χ4v) is 6.25. The Bertz CT molecular complexity index is 820. The van der Waals surface area contributed by atoms with Crippen LogP contribution >= 0.6 is 0 Å². The average molecular weight is 560 g/mol. The van der Waals surface area contributed by atoms with Gasteiger partial charge in [-0.1, -0.05) is 0 Å². The minimum atomic E-state index is -1.32. The molecule has 12 unspecified atom stereocenters. The Labute approximate surface area is 230 Å². The van der Waals surface area contributed by atoms with Crippen LogP contribution in [0.25, 0.3) is 0 Å². The van der Waals surface area contributed by atoms with Gasteiger partial charge in [-0.2, -0.15) is 0 Å². The SMILES string of the molecule is CNC1C(O)C(OC2C(NCC(O)CN)CC(N)C(C3OC(CN)=CCC3NC3CNC3)C2O)OCC1(C)O. The molecule has 0 aromatic rings. The highest BCUT2D eigenvalue weighted by atomic mass is 16.7. The van der Waals surface area contributed by atoms with Crippen LogP contribution in [0.4, 0.5) is 0 Å². The molecule has 226 valence electrons. The third kappa shape index (κ3) is 6.92. The van der Waals surface area contributed by atoms with Crippen molar-refractivity contribution in [3.63, 3.8) is 0 Å². The molecule has 3 heterocycles. The molecule has 1 aliphatic carbocycles. The second kappa shape index (κ2) is 13.3. The van der Waals surface area contributed by atoms with Gasteiger partial charge in [-0.15, -0.1) is 0 Å². The zero-order valence-corrected chi connectivity index (χ0v) is 22.9. The maximum atomic E-state index is 11.9. The van der Waals surface area contributed by atoms with Crippen molar-refractivity contribution in [3.8, 4) is 0 Å². The van der Waals surface area contributed by atoms with Crippen LogP contribution < -0.4 is 38.5 Å². The van der Waals surface area contributed by atoms with Gasteiger partial charge in [0, 0.05) is 56.3 Å². The molecule has 14 N–H and O–H groups in total. The molecular weight excluding hydrogens is 510 g/mol. The lowest BCUT2D eigenvalue weighted by Crippen LogP contribution is -2.70. The highest BCUT2D eigenvalue weighted by Gasteiger charge is 2.53. The second-order valence-corrected chi connectivity index (χ2v) is 11.6. The van der Waals surface area contributed by atoms with E-state index in [1.165, 1.54) is 0 Å². The summed E-state index contributed by atoms with van der Waals surface area (Å²) in [5.41, 5.74) is 16.9. The van der Waals surface area contributed by atoms with E-state index >= 15 is 0 Å². The maximum Gasteiger partial charge on any atom is 0.185 e. The molecule has 0 spiro atoms. The molecule has 14 heteroatoms. The van der Waals surface area contributed by atoms with Gasteiger partial charge in [-0.3, -0.25) is 0 Å². The molecule has 39 heavy (non-hydrogen) atoms. The number of ether oxygens (including phenoxy) is 3. The van der Waals surface area contributed by atoms with E-state index in [-0.39, 0.29) is 32.3 Å². The minimum absolute atomic E-state index is 0.0688. The van der Waals surface area contributed by atoms with Crippen LogP contribution in [0.2, 0.25) is 0 Å². The zero-order chi connectivity index (χ0) is 28.3. The van der Waals surface area contributed by atoms with Crippen LogP contribution in [0.15, 0.2) is 11.8 Å². The van der Waals surface area contributed by atoms with Gasteiger partial charge in [0.2, 0.25) is 0 Å². The number of hydrogen-bond donors (Lipinski definition) is 11. The van der Waals surface area contributed by atoms with Crippen LogP contribution in [-0.4, -0.2) is 139 Å². The first kappa shape index (κ1) is 31.0. The predicted molar refractivity (Wildman–Crippen MR) is 143 cm³/mol. The van der Waals surface area contributed by atoms with E-state index in [2.05, 4.69) is 21.3 Å². The van der Waals surface area contributed by atoms with Gasteiger partial charge < -0.3 is 73.1 Å². The topological polar surface area (TPSA) is 235 Å². The average Bonchev–Trinajstić information content (AvgIpc) is 2.88. The van der Waals surface area contributed by atoms with E-state index in [9.17, 15) is 20.4 Å². The van der Waals surface area contributed by atoms with Gasteiger partial charge in [0.15, 0.2) is 6.29 Å². The van der Waals surface area contributed by atoms with E-state index in [1.54, 1.807) is 14.0 Å². The standard InChI is InChI=1S/C25H49N7O7/c1-25(36)11-37-24(20(35)23(25)29-2)39-22-17(31-10-13(33)6-26)5-15(28)18(19(22)34)21-16(32-12-8-30-9-12)4-3-14(7-27)38-21/h3,12-13,15-24,29-36H,4-11,26-28H2,1-2H3. The van der Waals surface area contributed by atoms with E-state index in [0.29, 0.717) is 24.6 Å². The summed E-state index contributed by atoms with van der Waals surface area (Å²) in [4.78, 5) is 0. The van der Waals surface area contributed by atoms with Gasteiger partial charge >= 0.3 is 0 Å². The summed E-state index contributed by atoms with van der Waals surface area (Å²) in [7, 11) is 1.64. The number of rotatable bonds is 11. The third-order valence-corrected chi connectivity index (χ3v) is 8.56. The molecule has 1 saturated carbocycles. The largest absolute Gasteiger partial charge is 0.492 e. The molecule has 14 nitrogen and oxygen atoms in total. The Morgan fingerprint density at radius 2 is 1.97 bits per heavy atom. The smallest absolute Gasteiger partial charge is 0.185 e. The van der Waals surface area contributed by atoms with Gasteiger partial charge in [0.05, 0.1) is 31.4 Å². The number of nitrogens with one attached hydrogen (secondary N) is 4. The van der Waals surface area contributed by atoms with Gasteiger partial charge in [-0.05, 0) is 32.9 Å². The van der Waals surface area contributed by atoms with Crippen LogP contribution in [-0.2, 0) is 14.2 Å². The van der Waals surface area contributed by atoms with Crippen molar-refractivity contribution in [2.24, 2.45) is 23.1 Å². The van der Waals surface area contributed by atoms with Crippen LogP contribution in [0.3, 0.4) is 0 Å². The Hall–Kier alpha value is -0.980. The Balaban J connectivity index is 1.57. The predicted octanol–water partition coefficient (Wildman–Crippen LogP) is -5.02. The third-order valence-electron chi connectivity index (χ3n) is 8.56. The quantitative estimate of drug-likeness (QED) is 0.114. The Morgan fingerprint density at radius 3 is 2.59 bits per heavy atom. The summed E-state index contributed by atoms with van der Waals surface area (Å²) in [6.45, 7) is 3.68. The summed E-state index contributed by atoms with van der Waals surface area (Å²) < 4.78 is 18.4. The first-order chi connectivity index (χ1) is 18.6. The highest BCUT2D eigenvalue weighted by Crippen LogP contribution is 2.37. The van der Waals surface area contributed by atoms with Gasteiger partial charge in [0.1, 0.15) is 29.7 Å². The lowest BCUT2D eigenvalue weighted by atomic mass is 9.72. The molecule has 4 rings (SSSR count). The first-order valence-electron chi connectivity index (χ1n) is 14.0. The molecule has 2 saturated heterocycles. The van der Waals surface area contributed by atoms with Crippen LogP contribution in [0.5, 0.6) is 0 Å². The summed E-state index contributed by atoms with van der Waals surface area (Å²) in [5, 5.41) is 56.7. The Morgan fingerprint density at radius 1 is 1.23 bits per heavy atom. The lowest BCUT2D eigenvalue weighted by Gasteiger charge is -2.51. The van der Waals surface area contributed by atoms with E-state index in [4.69, 9.17) is 31.4 Å². The van der Waals surface area contributed by atoms with Crippen LogP contribution in [0, 0.1) is 5.92 Å². The summed E-state index contributed by atoms with van der Waals surface area (Å²) >= 11 is 0. The number of aliphatic hydroxyl groups excluding tert-OH is 3. The molecule has 0 bridgehead atoms. The second-order valence-electron chi connectivity index (χ2n) is 11.6. The van der Waals surface area contributed by atoms with Crippen molar-refractivity contribution in [1.29, 1.82) is 0 Å².